The minimum Gasteiger partial charge on any atom is -0.360 e. The summed E-state index contributed by atoms with van der Waals surface area (Å²) in [6.07, 6.45) is 2.93. The van der Waals surface area contributed by atoms with Crippen LogP contribution >= 0.6 is 0 Å². The number of ketones is 1. The predicted molar refractivity (Wildman–Crippen MR) is 91.9 cm³/mol. The number of benzene rings is 2. The predicted octanol–water partition coefficient (Wildman–Crippen LogP) is 2.30. The molecule has 3 nitrogen and oxygen atoms in total. The Morgan fingerprint density at radius 1 is 1.17 bits per heavy atom. The average Bonchev–Trinajstić information content (AvgIpc) is 2.98. The van der Waals surface area contributed by atoms with Gasteiger partial charge in [-0.3, -0.25) is 4.79 Å². The molecule has 23 heavy (non-hydrogen) atoms. The molecule has 0 aliphatic carbocycles. The van der Waals surface area contributed by atoms with Gasteiger partial charge in [0.2, 0.25) is 5.78 Å². The highest BCUT2D eigenvalue weighted by atomic mass is 16.1. The molecule has 0 saturated heterocycles. The zero-order valence-corrected chi connectivity index (χ0v) is 13.4. The van der Waals surface area contributed by atoms with Crippen molar-refractivity contribution in [2.45, 2.75) is 19.9 Å². The van der Waals surface area contributed by atoms with E-state index in [1.54, 1.807) is 0 Å². The smallest absolute Gasteiger partial charge is 0.219 e. The van der Waals surface area contributed by atoms with E-state index >= 15 is 0 Å². The first-order valence-electron chi connectivity index (χ1n) is 8.22. The van der Waals surface area contributed by atoms with Crippen molar-refractivity contribution in [1.82, 2.24) is 4.98 Å². The van der Waals surface area contributed by atoms with E-state index in [1.165, 1.54) is 21.6 Å². The zero-order chi connectivity index (χ0) is 15.8. The molecule has 3 aromatic rings. The van der Waals surface area contributed by atoms with Crippen molar-refractivity contribution >= 4 is 16.7 Å². The SMILES string of the molecule is Cc1ccc2[nH]cc(C(=O)C[NH+]3CCc4ccccc4C3)c2c1. The highest BCUT2D eigenvalue weighted by Crippen LogP contribution is 2.20. The molecule has 2 aromatic carbocycles. The van der Waals surface area contributed by atoms with Gasteiger partial charge in [0, 0.05) is 34.6 Å². The molecule has 1 atom stereocenters. The molecule has 0 amide bonds. The number of fused-ring (bicyclic) bond motifs is 2. The summed E-state index contributed by atoms with van der Waals surface area (Å²) >= 11 is 0. The Hall–Kier alpha value is -2.39. The number of carbonyl (C=O) groups excluding carboxylic acids is 1. The number of hydrogen-bond donors (Lipinski definition) is 2. The van der Waals surface area contributed by atoms with Crippen LogP contribution in [0.1, 0.15) is 27.0 Å². The maximum absolute atomic E-state index is 12.8. The van der Waals surface area contributed by atoms with Gasteiger partial charge in [-0.1, -0.05) is 35.9 Å². The molecule has 0 bridgehead atoms. The van der Waals surface area contributed by atoms with Crippen LogP contribution in [0.2, 0.25) is 0 Å². The van der Waals surface area contributed by atoms with Gasteiger partial charge in [-0.2, -0.15) is 0 Å². The Morgan fingerprint density at radius 2 is 2.00 bits per heavy atom. The highest BCUT2D eigenvalue weighted by Gasteiger charge is 2.23. The van der Waals surface area contributed by atoms with Crippen molar-refractivity contribution in [3.05, 3.63) is 70.9 Å². The first-order chi connectivity index (χ1) is 11.2. The number of hydrogen-bond acceptors (Lipinski definition) is 1. The summed E-state index contributed by atoms with van der Waals surface area (Å²) < 4.78 is 0. The fourth-order valence-electron chi connectivity index (χ4n) is 3.58. The average molecular weight is 305 g/mol. The number of quaternary nitrogens is 1. The van der Waals surface area contributed by atoms with Crippen LogP contribution in [0.5, 0.6) is 0 Å². The fraction of sp³-hybridized carbons (Fsp3) is 0.250. The second-order valence-corrected chi connectivity index (χ2v) is 6.55. The van der Waals surface area contributed by atoms with Gasteiger partial charge in [0.15, 0.2) is 0 Å². The maximum Gasteiger partial charge on any atom is 0.219 e. The number of aromatic amines is 1. The van der Waals surface area contributed by atoms with E-state index in [0.717, 1.165) is 36.0 Å². The van der Waals surface area contributed by atoms with E-state index in [0.29, 0.717) is 6.54 Å². The van der Waals surface area contributed by atoms with Gasteiger partial charge in [-0.25, -0.2) is 0 Å². The van der Waals surface area contributed by atoms with Crippen LogP contribution in [-0.2, 0) is 13.0 Å². The van der Waals surface area contributed by atoms with E-state index in [9.17, 15) is 4.79 Å². The molecule has 2 heterocycles. The summed E-state index contributed by atoms with van der Waals surface area (Å²) in [7, 11) is 0. The number of aromatic nitrogens is 1. The van der Waals surface area contributed by atoms with E-state index in [-0.39, 0.29) is 5.78 Å². The van der Waals surface area contributed by atoms with Gasteiger partial charge in [-0.05, 0) is 24.6 Å². The lowest BCUT2D eigenvalue weighted by molar-refractivity contribution is -0.907. The molecule has 116 valence electrons. The van der Waals surface area contributed by atoms with Crippen LogP contribution < -0.4 is 4.90 Å². The largest absolute Gasteiger partial charge is 0.360 e. The molecule has 0 radical (unpaired) electrons. The Kier molecular flexibility index (Phi) is 3.50. The van der Waals surface area contributed by atoms with Gasteiger partial charge in [0.25, 0.3) is 0 Å². The normalized spacial score (nSPS) is 17.2. The molecular formula is C20H21N2O+. The molecule has 2 N–H and O–H groups in total. The minimum absolute atomic E-state index is 0.233. The van der Waals surface area contributed by atoms with Gasteiger partial charge >= 0.3 is 0 Å². The number of carbonyl (C=O) groups is 1. The number of H-pyrrole nitrogens is 1. The van der Waals surface area contributed by atoms with Crippen molar-refractivity contribution in [2.75, 3.05) is 13.1 Å². The van der Waals surface area contributed by atoms with Crippen LogP contribution in [0, 0.1) is 6.92 Å². The molecule has 1 aliphatic heterocycles. The molecule has 0 spiro atoms. The maximum atomic E-state index is 12.8. The van der Waals surface area contributed by atoms with Crippen molar-refractivity contribution < 1.29 is 9.69 Å². The van der Waals surface area contributed by atoms with Crippen molar-refractivity contribution in [2.24, 2.45) is 0 Å². The minimum atomic E-state index is 0.233. The van der Waals surface area contributed by atoms with E-state index in [4.69, 9.17) is 0 Å². The third-order valence-electron chi connectivity index (χ3n) is 4.85. The van der Waals surface area contributed by atoms with Gasteiger partial charge in [0.1, 0.15) is 13.1 Å². The second-order valence-electron chi connectivity index (χ2n) is 6.55. The Bertz CT molecular complexity index is 878. The van der Waals surface area contributed by atoms with Gasteiger partial charge < -0.3 is 9.88 Å². The number of nitrogens with one attached hydrogen (secondary N) is 2. The number of aryl methyl sites for hydroxylation is 1. The zero-order valence-electron chi connectivity index (χ0n) is 13.4. The molecule has 0 fully saturated rings. The highest BCUT2D eigenvalue weighted by molar-refractivity contribution is 6.08. The third kappa shape index (κ3) is 2.68. The number of rotatable bonds is 3. The summed E-state index contributed by atoms with van der Waals surface area (Å²) in [6, 6.07) is 14.8. The van der Waals surface area contributed by atoms with E-state index < -0.39 is 0 Å². The van der Waals surface area contributed by atoms with Crippen LogP contribution in [0.3, 0.4) is 0 Å². The van der Waals surface area contributed by atoms with Crippen LogP contribution in [0.15, 0.2) is 48.7 Å². The molecular weight excluding hydrogens is 284 g/mol. The van der Waals surface area contributed by atoms with E-state index in [2.05, 4.69) is 48.3 Å². The van der Waals surface area contributed by atoms with Crippen LogP contribution in [0.4, 0.5) is 0 Å². The molecule has 1 aliphatic rings. The molecule has 4 rings (SSSR count). The number of Topliss-reactive ketones (excluding diaryl/α,β-unsaturated/α-hetero) is 1. The van der Waals surface area contributed by atoms with Gasteiger partial charge in [0.05, 0.1) is 6.54 Å². The summed E-state index contributed by atoms with van der Waals surface area (Å²) in [5, 5.41) is 1.05. The van der Waals surface area contributed by atoms with Crippen LogP contribution in [-0.4, -0.2) is 23.9 Å². The topological polar surface area (TPSA) is 37.3 Å². The molecule has 1 unspecified atom stereocenters. The molecule has 0 saturated carbocycles. The first-order valence-corrected chi connectivity index (χ1v) is 8.22. The Labute approximate surface area is 135 Å². The summed E-state index contributed by atoms with van der Waals surface area (Å²) in [4.78, 5) is 17.3. The van der Waals surface area contributed by atoms with Crippen LogP contribution in [0.25, 0.3) is 10.9 Å². The third-order valence-corrected chi connectivity index (χ3v) is 4.85. The lowest BCUT2D eigenvalue weighted by Gasteiger charge is -2.25. The monoisotopic (exact) mass is 305 g/mol. The van der Waals surface area contributed by atoms with E-state index in [1.807, 2.05) is 12.3 Å². The van der Waals surface area contributed by atoms with Crippen molar-refractivity contribution in [3.8, 4) is 0 Å². The molecule has 1 aromatic heterocycles. The fourth-order valence-corrected chi connectivity index (χ4v) is 3.58. The quantitative estimate of drug-likeness (QED) is 0.716. The lowest BCUT2D eigenvalue weighted by Crippen LogP contribution is -3.12. The molecule has 3 heteroatoms. The summed E-state index contributed by atoms with van der Waals surface area (Å²) in [6.45, 7) is 4.61. The standard InChI is InChI=1S/C20H20N2O/c1-14-6-7-19-17(10-14)18(11-21-19)20(23)13-22-9-8-15-4-2-3-5-16(15)12-22/h2-7,10-11,21H,8-9,12-13H2,1H3/p+1. The van der Waals surface area contributed by atoms with Crippen molar-refractivity contribution in [1.29, 1.82) is 0 Å². The second kappa shape index (κ2) is 5.67. The summed E-state index contributed by atoms with van der Waals surface area (Å²) in [5.41, 5.74) is 5.88. The Balaban J connectivity index is 1.55. The first kappa shape index (κ1) is 14.2. The van der Waals surface area contributed by atoms with Gasteiger partial charge in [-0.15, -0.1) is 0 Å². The Morgan fingerprint density at radius 3 is 2.87 bits per heavy atom. The van der Waals surface area contributed by atoms with Crippen molar-refractivity contribution in [3.63, 3.8) is 0 Å². The lowest BCUT2D eigenvalue weighted by atomic mass is 9.99. The summed E-state index contributed by atoms with van der Waals surface area (Å²) in [5.74, 6) is 0.233.